The first-order valence-corrected chi connectivity index (χ1v) is 10.1. The highest BCUT2D eigenvalue weighted by Gasteiger charge is 2.17. The van der Waals surface area contributed by atoms with Crippen LogP contribution in [0.25, 0.3) is 0 Å². The first kappa shape index (κ1) is 22.3. The molecular weight excluding hydrogens is 453 g/mol. The average molecular weight is 487 g/mol. The van der Waals surface area contributed by atoms with E-state index in [-0.39, 0.29) is 24.0 Å². The van der Waals surface area contributed by atoms with E-state index < -0.39 is 0 Å². The monoisotopic (exact) mass is 487 g/mol. The molecule has 6 heteroatoms. The van der Waals surface area contributed by atoms with Gasteiger partial charge in [0.25, 0.3) is 0 Å². The van der Waals surface area contributed by atoms with Gasteiger partial charge in [-0.05, 0) is 37.8 Å². The number of ether oxygens (including phenoxy) is 2. The Morgan fingerprint density at radius 2 is 2.00 bits per heavy atom. The van der Waals surface area contributed by atoms with Crippen molar-refractivity contribution in [1.29, 1.82) is 0 Å². The molecule has 0 amide bonds. The number of nitrogens with two attached hydrogens (primary N) is 1. The van der Waals surface area contributed by atoms with Crippen LogP contribution >= 0.6 is 24.0 Å². The Bertz CT molecular complexity index is 595. The number of aryl methyl sites for hydroxylation is 1. The molecule has 1 aromatic rings. The van der Waals surface area contributed by atoms with Crippen LogP contribution < -0.4 is 15.8 Å². The Morgan fingerprint density at radius 1 is 1.22 bits per heavy atom. The van der Waals surface area contributed by atoms with E-state index in [4.69, 9.17) is 15.2 Å². The molecule has 0 spiro atoms. The second kappa shape index (κ2) is 11.7. The molecule has 1 aliphatic carbocycles. The van der Waals surface area contributed by atoms with E-state index in [1.165, 1.54) is 44.1 Å². The maximum Gasteiger partial charge on any atom is 0.189 e. The normalized spacial score (nSPS) is 21.4. The zero-order valence-electron chi connectivity index (χ0n) is 16.4. The first-order valence-electron chi connectivity index (χ1n) is 10.1. The van der Waals surface area contributed by atoms with Gasteiger partial charge in [0.2, 0.25) is 0 Å². The molecule has 1 atom stereocenters. The van der Waals surface area contributed by atoms with Gasteiger partial charge in [-0.2, -0.15) is 0 Å². The largest absolute Gasteiger partial charge is 0.493 e. The minimum Gasteiger partial charge on any atom is -0.493 e. The van der Waals surface area contributed by atoms with Crippen molar-refractivity contribution in [1.82, 2.24) is 5.32 Å². The van der Waals surface area contributed by atoms with Gasteiger partial charge < -0.3 is 20.5 Å². The number of guanidine groups is 1. The Labute approximate surface area is 180 Å². The van der Waals surface area contributed by atoms with Gasteiger partial charge in [0.1, 0.15) is 5.75 Å². The average Bonchev–Trinajstić information content (AvgIpc) is 3.03. The van der Waals surface area contributed by atoms with Crippen molar-refractivity contribution >= 4 is 29.9 Å². The van der Waals surface area contributed by atoms with Crippen molar-refractivity contribution < 1.29 is 9.47 Å². The summed E-state index contributed by atoms with van der Waals surface area (Å²) in [5, 5.41) is 3.41. The van der Waals surface area contributed by atoms with Crippen LogP contribution in [0.3, 0.4) is 0 Å². The van der Waals surface area contributed by atoms with E-state index in [1.807, 2.05) is 0 Å². The lowest BCUT2D eigenvalue weighted by atomic mass is 10.1. The zero-order chi connectivity index (χ0) is 18.2. The topological polar surface area (TPSA) is 68.9 Å². The number of hydrogen-bond acceptors (Lipinski definition) is 3. The third-order valence-corrected chi connectivity index (χ3v) is 5.35. The van der Waals surface area contributed by atoms with Crippen LogP contribution in [0.15, 0.2) is 23.2 Å². The summed E-state index contributed by atoms with van der Waals surface area (Å²) in [5.74, 6) is 1.96. The molecule has 3 rings (SSSR count). The van der Waals surface area contributed by atoms with Crippen molar-refractivity contribution in [3.8, 4) is 5.75 Å². The molecule has 2 aliphatic rings. The molecule has 0 radical (unpaired) electrons. The third kappa shape index (κ3) is 7.49. The number of halogens is 1. The van der Waals surface area contributed by atoms with Crippen LogP contribution in [0.5, 0.6) is 5.75 Å². The summed E-state index contributed by atoms with van der Waals surface area (Å²) in [7, 11) is 0. The van der Waals surface area contributed by atoms with Gasteiger partial charge in [-0.3, -0.25) is 0 Å². The number of benzene rings is 1. The fraction of sp³-hybridized carbons (Fsp3) is 0.667. The highest BCUT2D eigenvalue weighted by atomic mass is 127. The maximum atomic E-state index is 6.14. The van der Waals surface area contributed by atoms with Crippen LogP contribution in [0.4, 0.5) is 0 Å². The molecule has 1 unspecified atom stereocenters. The van der Waals surface area contributed by atoms with Crippen LogP contribution in [0.2, 0.25) is 0 Å². The number of hydrogen-bond donors (Lipinski definition) is 2. The summed E-state index contributed by atoms with van der Waals surface area (Å²) in [6.45, 7) is 4.98. The summed E-state index contributed by atoms with van der Waals surface area (Å²) in [4.78, 5) is 4.57. The van der Waals surface area contributed by atoms with E-state index in [0.29, 0.717) is 31.1 Å². The van der Waals surface area contributed by atoms with Gasteiger partial charge in [-0.25, -0.2) is 4.99 Å². The molecule has 152 valence electrons. The lowest BCUT2D eigenvalue weighted by Crippen LogP contribution is -2.39. The highest BCUT2D eigenvalue weighted by molar-refractivity contribution is 14.0. The van der Waals surface area contributed by atoms with Crippen molar-refractivity contribution in [2.45, 2.75) is 64.5 Å². The van der Waals surface area contributed by atoms with Crippen LogP contribution in [0.1, 0.15) is 56.1 Å². The highest BCUT2D eigenvalue weighted by Crippen LogP contribution is 2.23. The van der Waals surface area contributed by atoms with Crippen molar-refractivity contribution in [2.75, 3.05) is 19.8 Å². The zero-order valence-corrected chi connectivity index (χ0v) is 18.7. The standard InChI is InChI=1S/C21H33N3O2.HI/c1-16-8-9-18(20(12-16)26-15-17-10-11-25-14-17)13-23-21(22)24-19-6-4-2-3-5-7-19;/h8-9,12,17,19H,2-7,10-11,13-15H2,1H3,(H3,22,23,24);1H. The number of aliphatic imine (C=N–C) groups is 1. The summed E-state index contributed by atoms with van der Waals surface area (Å²) in [6, 6.07) is 6.76. The lowest BCUT2D eigenvalue weighted by molar-refractivity contribution is 0.166. The molecule has 0 bridgehead atoms. The van der Waals surface area contributed by atoms with Crippen LogP contribution in [-0.4, -0.2) is 31.8 Å². The summed E-state index contributed by atoms with van der Waals surface area (Å²) in [5.41, 5.74) is 8.42. The first-order chi connectivity index (χ1) is 12.7. The van der Waals surface area contributed by atoms with Crippen LogP contribution in [-0.2, 0) is 11.3 Å². The van der Waals surface area contributed by atoms with E-state index in [0.717, 1.165) is 30.9 Å². The second-order valence-corrected chi connectivity index (χ2v) is 7.69. The summed E-state index contributed by atoms with van der Waals surface area (Å²) in [6.07, 6.45) is 8.71. The van der Waals surface area contributed by atoms with Crippen molar-refractivity contribution in [3.63, 3.8) is 0 Å². The van der Waals surface area contributed by atoms with Gasteiger partial charge in [0.15, 0.2) is 5.96 Å². The molecule has 3 N–H and O–H groups in total. The summed E-state index contributed by atoms with van der Waals surface area (Å²) >= 11 is 0. The fourth-order valence-corrected chi connectivity index (χ4v) is 3.70. The van der Waals surface area contributed by atoms with E-state index in [2.05, 4.69) is 35.4 Å². The smallest absolute Gasteiger partial charge is 0.189 e. The molecule has 2 fully saturated rings. The number of nitrogens with zero attached hydrogens (tertiary/aromatic N) is 1. The molecule has 1 aromatic carbocycles. The molecule has 1 saturated heterocycles. The van der Waals surface area contributed by atoms with Crippen molar-refractivity contribution in [3.05, 3.63) is 29.3 Å². The van der Waals surface area contributed by atoms with E-state index in [1.54, 1.807) is 0 Å². The van der Waals surface area contributed by atoms with Gasteiger partial charge in [0, 0.05) is 24.1 Å². The van der Waals surface area contributed by atoms with E-state index >= 15 is 0 Å². The SMILES string of the molecule is Cc1ccc(CN=C(N)NC2CCCCCC2)c(OCC2CCOC2)c1.I. The van der Waals surface area contributed by atoms with Gasteiger partial charge >= 0.3 is 0 Å². The summed E-state index contributed by atoms with van der Waals surface area (Å²) < 4.78 is 11.5. The predicted molar refractivity (Wildman–Crippen MR) is 121 cm³/mol. The Balaban J connectivity index is 0.00000261. The number of nitrogens with one attached hydrogen (secondary N) is 1. The van der Waals surface area contributed by atoms with Crippen LogP contribution in [0, 0.1) is 12.8 Å². The fourth-order valence-electron chi connectivity index (χ4n) is 3.70. The maximum absolute atomic E-state index is 6.14. The van der Waals surface area contributed by atoms with Gasteiger partial charge in [-0.1, -0.05) is 37.8 Å². The Hall–Kier alpha value is -1.02. The molecule has 5 nitrogen and oxygen atoms in total. The molecule has 1 saturated carbocycles. The lowest BCUT2D eigenvalue weighted by Gasteiger charge is -2.17. The Kier molecular flexibility index (Phi) is 9.68. The Morgan fingerprint density at radius 3 is 2.70 bits per heavy atom. The minimum atomic E-state index is 0. The quantitative estimate of drug-likeness (QED) is 0.274. The second-order valence-electron chi connectivity index (χ2n) is 7.69. The molecule has 0 aromatic heterocycles. The number of rotatable bonds is 6. The molecule has 27 heavy (non-hydrogen) atoms. The molecule has 1 aliphatic heterocycles. The third-order valence-electron chi connectivity index (χ3n) is 5.35. The van der Waals surface area contributed by atoms with E-state index in [9.17, 15) is 0 Å². The predicted octanol–water partition coefficient (Wildman–Crippen LogP) is 4.16. The molecule has 1 heterocycles. The molecular formula is C21H34IN3O2. The van der Waals surface area contributed by atoms with Gasteiger partial charge in [0.05, 0.1) is 19.8 Å². The minimum absolute atomic E-state index is 0. The van der Waals surface area contributed by atoms with Crippen molar-refractivity contribution in [2.24, 2.45) is 16.6 Å². The van der Waals surface area contributed by atoms with Gasteiger partial charge in [-0.15, -0.1) is 24.0 Å².